The summed E-state index contributed by atoms with van der Waals surface area (Å²) in [6.45, 7) is 7.95. The molecule has 0 spiro atoms. The Labute approximate surface area is 124 Å². The lowest BCUT2D eigenvalue weighted by atomic mass is 9.96. The average Bonchev–Trinajstić information content (AvgIpc) is 2.98. The topological polar surface area (TPSA) is 25.4 Å². The van der Waals surface area contributed by atoms with Crippen LogP contribution in [0, 0.1) is 0 Å². The summed E-state index contributed by atoms with van der Waals surface area (Å²) in [4.78, 5) is 7.15. The van der Waals surface area contributed by atoms with Gasteiger partial charge in [-0.15, -0.1) is 11.3 Å². The maximum Gasteiger partial charge on any atom is 0.186 e. The van der Waals surface area contributed by atoms with Gasteiger partial charge in [-0.1, -0.05) is 38.1 Å². The molecule has 4 heteroatoms. The fraction of sp³-hybridized carbons (Fsp3) is 0.438. The summed E-state index contributed by atoms with van der Waals surface area (Å²) in [6, 6.07) is 8.57. The minimum atomic E-state index is 0.514. The van der Waals surface area contributed by atoms with Crippen molar-refractivity contribution < 1.29 is 4.74 Å². The van der Waals surface area contributed by atoms with E-state index in [4.69, 9.17) is 9.72 Å². The fourth-order valence-electron chi connectivity index (χ4n) is 2.52. The molecule has 3 nitrogen and oxygen atoms in total. The minimum Gasteiger partial charge on any atom is -0.378 e. The molecule has 1 aliphatic heterocycles. The van der Waals surface area contributed by atoms with Crippen LogP contribution in [0.25, 0.3) is 11.3 Å². The molecule has 1 aromatic carbocycles. The van der Waals surface area contributed by atoms with Crippen molar-refractivity contribution in [3.8, 4) is 11.3 Å². The van der Waals surface area contributed by atoms with Gasteiger partial charge in [0, 0.05) is 24.0 Å². The molecule has 0 saturated carbocycles. The van der Waals surface area contributed by atoms with Crippen LogP contribution in [0.5, 0.6) is 0 Å². The van der Waals surface area contributed by atoms with Crippen LogP contribution < -0.4 is 4.90 Å². The summed E-state index contributed by atoms with van der Waals surface area (Å²) in [6.07, 6.45) is 0. The van der Waals surface area contributed by atoms with E-state index in [9.17, 15) is 0 Å². The smallest absolute Gasteiger partial charge is 0.186 e. The fourth-order valence-corrected chi connectivity index (χ4v) is 3.40. The summed E-state index contributed by atoms with van der Waals surface area (Å²) >= 11 is 1.73. The Kier molecular flexibility index (Phi) is 4.03. The number of hydrogen-bond donors (Lipinski definition) is 0. The number of hydrogen-bond acceptors (Lipinski definition) is 4. The largest absolute Gasteiger partial charge is 0.378 e. The molecule has 1 fully saturated rings. The van der Waals surface area contributed by atoms with Gasteiger partial charge in [-0.3, -0.25) is 0 Å². The average molecular weight is 288 g/mol. The first-order chi connectivity index (χ1) is 9.75. The first kappa shape index (κ1) is 13.6. The van der Waals surface area contributed by atoms with E-state index in [0.717, 1.165) is 37.1 Å². The number of aromatic nitrogens is 1. The maximum absolute atomic E-state index is 5.40. The number of anilines is 1. The normalized spacial score (nSPS) is 15.8. The first-order valence-corrected chi connectivity index (χ1v) is 8.01. The molecule has 1 aliphatic rings. The number of rotatable bonds is 3. The summed E-state index contributed by atoms with van der Waals surface area (Å²) < 4.78 is 5.40. The van der Waals surface area contributed by atoms with Crippen LogP contribution in [0.3, 0.4) is 0 Å². The highest BCUT2D eigenvalue weighted by Crippen LogP contribution is 2.32. The van der Waals surface area contributed by atoms with Gasteiger partial charge < -0.3 is 9.64 Å². The third-order valence-electron chi connectivity index (χ3n) is 3.63. The second-order valence-electron chi connectivity index (χ2n) is 5.36. The van der Waals surface area contributed by atoms with Crippen LogP contribution in [0.15, 0.2) is 29.6 Å². The van der Waals surface area contributed by atoms with E-state index in [1.165, 1.54) is 11.1 Å². The number of morpholine rings is 1. The van der Waals surface area contributed by atoms with Crippen molar-refractivity contribution in [2.75, 3.05) is 31.2 Å². The summed E-state index contributed by atoms with van der Waals surface area (Å²) in [5, 5.41) is 3.29. The Morgan fingerprint density at radius 3 is 2.70 bits per heavy atom. The molecule has 0 unspecified atom stereocenters. The van der Waals surface area contributed by atoms with Gasteiger partial charge in [0.25, 0.3) is 0 Å². The minimum absolute atomic E-state index is 0.514. The molecular weight excluding hydrogens is 268 g/mol. The molecule has 0 aliphatic carbocycles. The zero-order valence-corrected chi connectivity index (χ0v) is 12.8. The van der Waals surface area contributed by atoms with Crippen LogP contribution in [0.2, 0.25) is 0 Å². The summed E-state index contributed by atoms with van der Waals surface area (Å²) in [5.74, 6) is 0.514. The lowest BCUT2D eigenvalue weighted by molar-refractivity contribution is 0.122. The van der Waals surface area contributed by atoms with Crippen LogP contribution in [0.1, 0.15) is 25.3 Å². The molecule has 1 saturated heterocycles. The van der Waals surface area contributed by atoms with Gasteiger partial charge in [-0.25, -0.2) is 4.98 Å². The van der Waals surface area contributed by atoms with E-state index < -0.39 is 0 Å². The third-order valence-corrected chi connectivity index (χ3v) is 4.53. The Morgan fingerprint density at radius 2 is 1.95 bits per heavy atom. The molecule has 0 bridgehead atoms. The molecule has 0 amide bonds. The van der Waals surface area contributed by atoms with Gasteiger partial charge in [-0.05, 0) is 11.5 Å². The van der Waals surface area contributed by atoms with Gasteiger partial charge in [0.2, 0.25) is 0 Å². The molecular formula is C16H20N2OS. The Morgan fingerprint density at radius 1 is 1.20 bits per heavy atom. The van der Waals surface area contributed by atoms with Crippen LogP contribution in [-0.2, 0) is 4.74 Å². The monoisotopic (exact) mass is 288 g/mol. The molecule has 0 atom stereocenters. The first-order valence-electron chi connectivity index (χ1n) is 7.13. The van der Waals surface area contributed by atoms with Crippen molar-refractivity contribution in [2.24, 2.45) is 0 Å². The third kappa shape index (κ3) is 2.72. The number of thiazole rings is 1. The quantitative estimate of drug-likeness (QED) is 0.859. The lowest BCUT2D eigenvalue weighted by Gasteiger charge is -2.26. The van der Waals surface area contributed by atoms with E-state index in [2.05, 4.69) is 48.4 Å². The van der Waals surface area contributed by atoms with E-state index in [0.29, 0.717) is 5.92 Å². The van der Waals surface area contributed by atoms with Crippen molar-refractivity contribution in [1.82, 2.24) is 4.98 Å². The molecule has 2 heterocycles. The van der Waals surface area contributed by atoms with Gasteiger partial charge in [0.1, 0.15) is 0 Å². The second kappa shape index (κ2) is 5.94. The van der Waals surface area contributed by atoms with E-state index in [1.807, 2.05) is 0 Å². The molecule has 106 valence electrons. The molecule has 1 aromatic heterocycles. The highest BCUT2D eigenvalue weighted by molar-refractivity contribution is 7.14. The SMILES string of the molecule is CC(C)c1ccccc1-c1csc(N2CCOCC2)n1. The Balaban J connectivity index is 1.90. The number of ether oxygens (including phenoxy) is 1. The van der Waals surface area contributed by atoms with E-state index in [1.54, 1.807) is 11.3 Å². The van der Waals surface area contributed by atoms with E-state index in [-0.39, 0.29) is 0 Å². The van der Waals surface area contributed by atoms with Gasteiger partial charge >= 0.3 is 0 Å². The predicted molar refractivity (Wildman–Crippen MR) is 84.7 cm³/mol. The zero-order valence-electron chi connectivity index (χ0n) is 12.0. The number of benzene rings is 1. The molecule has 0 N–H and O–H groups in total. The molecule has 20 heavy (non-hydrogen) atoms. The zero-order chi connectivity index (χ0) is 13.9. The Bertz CT molecular complexity index is 573. The van der Waals surface area contributed by atoms with E-state index >= 15 is 0 Å². The van der Waals surface area contributed by atoms with Gasteiger partial charge in [-0.2, -0.15) is 0 Å². The van der Waals surface area contributed by atoms with Crippen LogP contribution in [0.4, 0.5) is 5.13 Å². The molecule has 2 aromatic rings. The van der Waals surface area contributed by atoms with Crippen LogP contribution >= 0.6 is 11.3 Å². The predicted octanol–water partition coefficient (Wildman–Crippen LogP) is 3.77. The van der Waals surface area contributed by atoms with Gasteiger partial charge in [0.15, 0.2) is 5.13 Å². The van der Waals surface area contributed by atoms with Crippen molar-refractivity contribution in [2.45, 2.75) is 19.8 Å². The van der Waals surface area contributed by atoms with Crippen LogP contribution in [-0.4, -0.2) is 31.3 Å². The number of nitrogens with zero attached hydrogens (tertiary/aromatic N) is 2. The molecule has 3 rings (SSSR count). The molecule has 0 radical (unpaired) electrons. The summed E-state index contributed by atoms with van der Waals surface area (Å²) in [7, 11) is 0. The van der Waals surface area contributed by atoms with Crippen molar-refractivity contribution >= 4 is 16.5 Å². The van der Waals surface area contributed by atoms with Crippen molar-refractivity contribution in [1.29, 1.82) is 0 Å². The standard InChI is InChI=1S/C16H20N2OS/c1-12(2)13-5-3-4-6-14(13)15-11-20-16(17-15)18-7-9-19-10-8-18/h3-6,11-12H,7-10H2,1-2H3. The summed E-state index contributed by atoms with van der Waals surface area (Å²) in [5.41, 5.74) is 3.73. The maximum atomic E-state index is 5.40. The second-order valence-corrected chi connectivity index (χ2v) is 6.19. The highest BCUT2D eigenvalue weighted by Gasteiger charge is 2.16. The van der Waals surface area contributed by atoms with Crippen molar-refractivity contribution in [3.63, 3.8) is 0 Å². The van der Waals surface area contributed by atoms with Crippen molar-refractivity contribution in [3.05, 3.63) is 35.2 Å². The lowest BCUT2D eigenvalue weighted by Crippen LogP contribution is -2.36. The Hall–Kier alpha value is -1.39. The van der Waals surface area contributed by atoms with Gasteiger partial charge in [0.05, 0.1) is 18.9 Å². The highest BCUT2D eigenvalue weighted by atomic mass is 32.1.